The topological polar surface area (TPSA) is 97.5 Å². The van der Waals surface area contributed by atoms with Gasteiger partial charge in [0.2, 0.25) is 0 Å². The number of rotatable bonds is 2. The Morgan fingerprint density at radius 1 is 1.38 bits per heavy atom. The molecule has 0 atom stereocenters. The zero-order valence-electron chi connectivity index (χ0n) is 7.73. The summed E-state index contributed by atoms with van der Waals surface area (Å²) in [5.41, 5.74) is 4.24. The van der Waals surface area contributed by atoms with Crippen LogP contribution < -0.4 is 5.73 Å². The molecule has 6 heteroatoms. The summed E-state index contributed by atoms with van der Waals surface area (Å²) in [5.74, 6) is -1.16. The Morgan fingerprint density at radius 2 is 1.77 bits per heavy atom. The van der Waals surface area contributed by atoms with E-state index < -0.39 is 26.3 Å². The molecule has 0 heterocycles. The molecule has 1 amide bonds. The summed E-state index contributed by atoms with van der Waals surface area (Å²) in [7, 11) is -4.51. The predicted molar refractivity (Wildman–Crippen MR) is 48.3 cm³/mol. The molecule has 0 aromatic carbocycles. The zero-order chi connectivity index (χ0) is 10.9. The first-order valence-corrected chi connectivity index (χ1v) is 4.98. The summed E-state index contributed by atoms with van der Waals surface area (Å²) < 4.78 is 29.9. The molecule has 0 aromatic heterocycles. The molecule has 0 unspecified atom stereocenters. The van der Waals surface area contributed by atoms with E-state index in [1.807, 2.05) is 0 Å². The summed E-state index contributed by atoms with van der Waals surface area (Å²) in [6, 6.07) is 0. The van der Waals surface area contributed by atoms with Crippen molar-refractivity contribution >= 4 is 16.0 Å². The fourth-order valence-corrected chi connectivity index (χ4v) is 1.42. The van der Waals surface area contributed by atoms with Gasteiger partial charge in [-0.25, -0.2) is 0 Å². The van der Waals surface area contributed by atoms with Crippen molar-refractivity contribution in [3.63, 3.8) is 0 Å². The van der Waals surface area contributed by atoms with Gasteiger partial charge in [-0.3, -0.25) is 9.35 Å². The van der Waals surface area contributed by atoms with Gasteiger partial charge in [0, 0.05) is 0 Å². The molecular weight excluding hydrogens is 194 g/mol. The lowest BCUT2D eigenvalue weighted by Crippen LogP contribution is -2.22. The standard InChI is InChI=1S/C7H13NO4S/c1-7(2,3)4-5(6(8)9)13(10,11)12/h4H,1-3H3,(H2,8,9)(H,10,11,12). The molecule has 0 bridgehead atoms. The first-order chi connectivity index (χ1) is 5.54. The highest BCUT2D eigenvalue weighted by Crippen LogP contribution is 2.19. The summed E-state index contributed by atoms with van der Waals surface area (Å²) in [6.07, 6.45) is 1.12. The maximum absolute atomic E-state index is 10.6. The number of amides is 1. The van der Waals surface area contributed by atoms with Crippen LogP contribution >= 0.6 is 0 Å². The number of allylic oxidation sites excluding steroid dienone is 1. The molecule has 5 nitrogen and oxygen atoms in total. The van der Waals surface area contributed by atoms with E-state index in [4.69, 9.17) is 10.3 Å². The quantitative estimate of drug-likeness (QED) is 0.502. The van der Waals surface area contributed by atoms with E-state index >= 15 is 0 Å². The van der Waals surface area contributed by atoms with Crippen LogP contribution in [0.25, 0.3) is 0 Å². The van der Waals surface area contributed by atoms with E-state index in [0.717, 1.165) is 6.08 Å². The Kier molecular flexibility index (Phi) is 3.23. The van der Waals surface area contributed by atoms with E-state index in [-0.39, 0.29) is 0 Å². The predicted octanol–water partition coefficient (Wildman–Crippen LogP) is 0.290. The Labute approximate surface area is 77.4 Å². The molecule has 0 spiro atoms. The molecule has 0 aliphatic heterocycles. The van der Waals surface area contributed by atoms with Crippen molar-refractivity contribution in [1.29, 1.82) is 0 Å². The molecule has 0 saturated carbocycles. The van der Waals surface area contributed by atoms with Crippen molar-refractivity contribution in [2.75, 3.05) is 0 Å². The molecular formula is C7H13NO4S. The van der Waals surface area contributed by atoms with E-state index in [0.29, 0.717) is 0 Å². The Bertz CT molecular complexity index is 334. The average Bonchev–Trinajstić information content (AvgIpc) is 1.77. The third-order valence-corrected chi connectivity index (χ3v) is 1.96. The van der Waals surface area contributed by atoms with Crippen LogP contribution in [0.1, 0.15) is 20.8 Å². The second-order valence-electron chi connectivity index (χ2n) is 3.71. The molecule has 0 aromatic rings. The second-order valence-corrected chi connectivity index (χ2v) is 5.10. The van der Waals surface area contributed by atoms with Crippen molar-refractivity contribution in [3.05, 3.63) is 11.0 Å². The number of carbonyl (C=O) groups is 1. The molecule has 13 heavy (non-hydrogen) atoms. The monoisotopic (exact) mass is 207 g/mol. The zero-order valence-corrected chi connectivity index (χ0v) is 8.55. The van der Waals surface area contributed by atoms with Gasteiger partial charge in [0.15, 0.2) is 4.91 Å². The molecule has 0 aliphatic carbocycles. The van der Waals surface area contributed by atoms with Crippen LogP contribution in [0.4, 0.5) is 0 Å². The third-order valence-electron chi connectivity index (χ3n) is 1.08. The van der Waals surface area contributed by atoms with Crippen LogP contribution in [0.5, 0.6) is 0 Å². The summed E-state index contributed by atoms with van der Waals surface area (Å²) in [6.45, 7) is 5.04. The molecule has 76 valence electrons. The van der Waals surface area contributed by atoms with Gasteiger partial charge >= 0.3 is 0 Å². The van der Waals surface area contributed by atoms with Gasteiger partial charge in [-0.2, -0.15) is 8.42 Å². The lowest BCUT2D eigenvalue weighted by Gasteiger charge is -2.12. The van der Waals surface area contributed by atoms with Crippen molar-refractivity contribution in [3.8, 4) is 0 Å². The van der Waals surface area contributed by atoms with Gasteiger partial charge in [0.05, 0.1) is 0 Å². The van der Waals surface area contributed by atoms with E-state index in [1.165, 1.54) is 0 Å². The SMILES string of the molecule is CC(C)(C)C=C(C(N)=O)S(=O)(=O)O. The highest BCUT2D eigenvalue weighted by Gasteiger charge is 2.22. The highest BCUT2D eigenvalue weighted by molar-refractivity contribution is 7.90. The van der Waals surface area contributed by atoms with Gasteiger partial charge < -0.3 is 5.73 Å². The third kappa shape index (κ3) is 4.64. The van der Waals surface area contributed by atoms with Gasteiger partial charge in [0.25, 0.3) is 16.0 Å². The number of hydrogen-bond donors (Lipinski definition) is 2. The minimum atomic E-state index is -4.51. The van der Waals surface area contributed by atoms with E-state index in [1.54, 1.807) is 20.8 Å². The van der Waals surface area contributed by atoms with Crippen molar-refractivity contribution in [2.45, 2.75) is 20.8 Å². The van der Waals surface area contributed by atoms with Gasteiger partial charge in [0.1, 0.15) is 0 Å². The number of hydrogen-bond acceptors (Lipinski definition) is 3. The number of carbonyl (C=O) groups excluding carboxylic acids is 1. The normalized spacial score (nSPS) is 14.3. The smallest absolute Gasteiger partial charge is 0.299 e. The molecule has 0 fully saturated rings. The Hall–Kier alpha value is -0.880. The van der Waals surface area contributed by atoms with Crippen molar-refractivity contribution < 1.29 is 17.8 Å². The van der Waals surface area contributed by atoms with E-state index in [9.17, 15) is 13.2 Å². The molecule has 0 rings (SSSR count). The minimum Gasteiger partial charge on any atom is -0.365 e. The summed E-state index contributed by atoms with van der Waals surface area (Å²) in [4.78, 5) is 9.87. The summed E-state index contributed by atoms with van der Waals surface area (Å²) >= 11 is 0. The number of primary amides is 1. The number of nitrogens with two attached hydrogens (primary N) is 1. The van der Waals surface area contributed by atoms with Crippen molar-refractivity contribution in [1.82, 2.24) is 0 Å². The molecule has 0 saturated heterocycles. The maximum Gasteiger partial charge on any atom is 0.299 e. The van der Waals surface area contributed by atoms with Crippen LogP contribution in [0.15, 0.2) is 11.0 Å². The largest absolute Gasteiger partial charge is 0.365 e. The highest BCUT2D eigenvalue weighted by atomic mass is 32.2. The summed E-state index contributed by atoms with van der Waals surface area (Å²) in [5, 5.41) is 0. The second kappa shape index (κ2) is 3.47. The lowest BCUT2D eigenvalue weighted by atomic mass is 9.96. The first kappa shape index (κ1) is 12.1. The van der Waals surface area contributed by atoms with Crippen LogP contribution in [0.2, 0.25) is 0 Å². The van der Waals surface area contributed by atoms with Gasteiger partial charge in [-0.15, -0.1) is 0 Å². The lowest BCUT2D eigenvalue weighted by molar-refractivity contribution is -0.114. The van der Waals surface area contributed by atoms with Crippen LogP contribution in [0.3, 0.4) is 0 Å². The maximum atomic E-state index is 10.6. The average molecular weight is 207 g/mol. The Balaban J connectivity index is 5.33. The molecule has 0 radical (unpaired) electrons. The molecule has 3 N–H and O–H groups in total. The van der Waals surface area contributed by atoms with Crippen LogP contribution in [-0.2, 0) is 14.9 Å². The van der Waals surface area contributed by atoms with E-state index in [2.05, 4.69) is 0 Å². The molecule has 0 aliphatic rings. The Morgan fingerprint density at radius 3 is 1.85 bits per heavy atom. The van der Waals surface area contributed by atoms with Crippen LogP contribution in [0, 0.1) is 5.41 Å². The minimum absolute atomic E-state index is 0.542. The fraction of sp³-hybridized carbons (Fsp3) is 0.571. The van der Waals surface area contributed by atoms with Gasteiger partial charge in [-0.1, -0.05) is 26.8 Å². The fourth-order valence-electron chi connectivity index (χ4n) is 0.666. The first-order valence-electron chi connectivity index (χ1n) is 3.54. The van der Waals surface area contributed by atoms with Gasteiger partial charge in [-0.05, 0) is 5.41 Å². The van der Waals surface area contributed by atoms with Crippen molar-refractivity contribution in [2.24, 2.45) is 11.1 Å². The van der Waals surface area contributed by atoms with Crippen LogP contribution in [-0.4, -0.2) is 18.9 Å².